The maximum Gasteiger partial charge on any atom is 0.259 e. The SMILES string of the molecule is Cc1cc2c(cc1Cc1ccc(C(N)=O)c(F)c1)C(=O)N(c1ncccc1F)CC2. The van der Waals surface area contributed by atoms with E-state index in [4.69, 9.17) is 5.73 Å². The molecule has 0 radical (unpaired) electrons. The number of primary amides is 1. The van der Waals surface area contributed by atoms with Gasteiger partial charge in [-0.2, -0.15) is 0 Å². The van der Waals surface area contributed by atoms with Crippen LogP contribution in [0, 0.1) is 18.6 Å². The number of rotatable bonds is 4. The number of aryl methyl sites for hydroxylation is 1. The Morgan fingerprint density at radius 2 is 1.97 bits per heavy atom. The molecule has 2 aromatic carbocycles. The third-order valence-electron chi connectivity index (χ3n) is 5.33. The summed E-state index contributed by atoms with van der Waals surface area (Å²) in [5, 5.41) is 0. The van der Waals surface area contributed by atoms with E-state index in [0.717, 1.165) is 16.7 Å². The van der Waals surface area contributed by atoms with Crippen molar-refractivity contribution in [1.82, 2.24) is 4.98 Å². The van der Waals surface area contributed by atoms with Gasteiger partial charge in [-0.05, 0) is 72.4 Å². The van der Waals surface area contributed by atoms with E-state index in [1.54, 1.807) is 12.1 Å². The molecule has 0 saturated heterocycles. The van der Waals surface area contributed by atoms with Crippen molar-refractivity contribution >= 4 is 17.6 Å². The molecule has 0 spiro atoms. The van der Waals surface area contributed by atoms with Gasteiger partial charge in [-0.3, -0.25) is 14.5 Å². The van der Waals surface area contributed by atoms with Crippen LogP contribution in [0.2, 0.25) is 0 Å². The number of hydrogen-bond donors (Lipinski definition) is 1. The molecule has 1 aromatic heterocycles. The zero-order valence-electron chi connectivity index (χ0n) is 16.3. The van der Waals surface area contributed by atoms with Gasteiger partial charge in [0, 0.05) is 18.3 Å². The lowest BCUT2D eigenvalue weighted by molar-refractivity contribution is 0.0975. The molecule has 3 aromatic rings. The number of amides is 2. The molecule has 0 bridgehead atoms. The van der Waals surface area contributed by atoms with Crippen LogP contribution < -0.4 is 10.6 Å². The molecular weight excluding hydrogens is 388 g/mol. The lowest BCUT2D eigenvalue weighted by atomic mass is 9.90. The number of halogens is 2. The third-order valence-corrected chi connectivity index (χ3v) is 5.33. The zero-order valence-corrected chi connectivity index (χ0v) is 16.3. The van der Waals surface area contributed by atoms with Crippen LogP contribution in [0.4, 0.5) is 14.6 Å². The van der Waals surface area contributed by atoms with Crippen LogP contribution in [0.1, 0.15) is 43.0 Å². The van der Waals surface area contributed by atoms with Crippen molar-refractivity contribution in [3.63, 3.8) is 0 Å². The van der Waals surface area contributed by atoms with Crippen LogP contribution in [-0.2, 0) is 12.8 Å². The minimum Gasteiger partial charge on any atom is -0.366 e. The smallest absolute Gasteiger partial charge is 0.259 e. The van der Waals surface area contributed by atoms with Crippen molar-refractivity contribution in [1.29, 1.82) is 0 Å². The lowest BCUT2D eigenvalue weighted by Gasteiger charge is -2.29. The number of nitrogens with zero attached hydrogens (tertiary/aromatic N) is 2. The second kappa shape index (κ2) is 7.67. The highest BCUT2D eigenvalue weighted by molar-refractivity contribution is 6.08. The van der Waals surface area contributed by atoms with Crippen LogP contribution in [0.5, 0.6) is 0 Å². The molecule has 0 atom stereocenters. The number of hydrogen-bond acceptors (Lipinski definition) is 3. The molecule has 0 unspecified atom stereocenters. The molecule has 0 saturated carbocycles. The van der Waals surface area contributed by atoms with E-state index >= 15 is 0 Å². The highest BCUT2D eigenvalue weighted by Crippen LogP contribution is 2.28. The van der Waals surface area contributed by atoms with Crippen molar-refractivity contribution < 1.29 is 18.4 Å². The van der Waals surface area contributed by atoms with E-state index in [9.17, 15) is 18.4 Å². The summed E-state index contributed by atoms with van der Waals surface area (Å²) in [5.41, 5.74) is 8.83. The second-order valence-corrected chi connectivity index (χ2v) is 7.31. The molecule has 2 heterocycles. The van der Waals surface area contributed by atoms with Gasteiger partial charge in [0.15, 0.2) is 11.6 Å². The number of aromatic nitrogens is 1. The first-order valence-electron chi connectivity index (χ1n) is 9.48. The fraction of sp³-hybridized carbons (Fsp3) is 0.174. The van der Waals surface area contributed by atoms with Gasteiger partial charge in [0.2, 0.25) is 0 Å². The van der Waals surface area contributed by atoms with Gasteiger partial charge < -0.3 is 5.73 Å². The normalized spacial score (nSPS) is 13.3. The molecule has 7 heteroatoms. The largest absolute Gasteiger partial charge is 0.366 e. The summed E-state index contributed by atoms with van der Waals surface area (Å²) in [6.45, 7) is 2.28. The Morgan fingerprint density at radius 1 is 1.17 bits per heavy atom. The van der Waals surface area contributed by atoms with Crippen LogP contribution in [0.3, 0.4) is 0 Å². The van der Waals surface area contributed by atoms with E-state index in [1.165, 1.54) is 35.4 Å². The third kappa shape index (κ3) is 3.54. The minimum absolute atomic E-state index is 0.0133. The summed E-state index contributed by atoms with van der Waals surface area (Å²) in [4.78, 5) is 29.7. The number of pyridine rings is 1. The van der Waals surface area contributed by atoms with Crippen LogP contribution in [0.25, 0.3) is 0 Å². The van der Waals surface area contributed by atoms with Crippen LogP contribution in [0.15, 0.2) is 48.7 Å². The second-order valence-electron chi connectivity index (χ2n) is 7.31. The van der Waals surface area contributed by atoms with E-state index in [2.05, 4.69) is 4.98 Å². The number of fused-ring (bicyclic) bond motifs is 1. The molecule has 1 aliphatic rings. The molecule has 152 valence electrons. The van der Waals surface area contributed by atoms with Crippen molar-refractivity contribution in [2.24, 2.45) is 5.73 Å². The predicted molar refractivity (Wildman–Crippen MR) is 108 cm³/mol. The highest BCUT2D eigenvalue weighted by atomic mass is 19.1. The Hall–Kier alpha value is -3.61. The Kier molecular flexibility index (Phi) is 5.03. The number of carbonyl (C=O) groups is 2. The Balaban J connectivity index is 1.67. The summed E-state index contributed by atoms with van der Waals surface area (Å²) in [6.07, 6.45) is 2.41. The standard InChI is InChI=1S/C23H19F2N3O2/c1-13-9-15-6-8-28(22-19(24)3-2-7-27-22)23(30)18(15)12-16(13)10-14-4-5-17(21(26)29)20(25)11-14/h2-5,7,9,11-12H,6,8,10H2,1H3,(H2,26,29). The molecule has 30 heavy (non-hydrogen) atoms. The lowest BCUT2D eigenvalue weighted by Crippen LogP contribution is -2.39. The van der Waals surface area contributed by atoms with Crippen LogP contribution in [-0.4, -0.2) is 23.3 Å². The molecule has 4 rings (SSSR count). The summed E-state index contributed by atoms with van der Waals surface area (Å²) < 4.78 is 28.3. The average molecular weight is 407 g/mol. The summed E-state index contributed by atoms with van der Waals surface area (Å²) >= 11 is 0. The van der Waals surface area contributed by atoms with E-state index < -0.39 is 17.5 Å². The van der Waals surface area contributed by atoms with Gasteiger partial charge in [0.25, 0.3) is 11.8 Å². The predicted octanol–water partition coefficient (Wildman–Crippen LogP) is 3.56. The Labute approximate surface area is 172 Å². The monoisotopic (exact) mass is 407 g/mol. The van der Waals surface area contributed by atoms with E-state index in [1.807, 2.05) is 13.0 Å². The van der Waals surface area contributed by atoms with Gasteiger partial charge >= 0.3 is 0 Å². The topological polar surface area (TPSA) is 76.3 Å². The van der Waals surface area contributed by atoms with Gasteiger partial charge in [0.05, 0.1) is 5.56 Å². The Bertz CT molecular complexity index is 1180. The van der Waals surface area contributed by atoms with Gasteiger partial charge in [-0.15, -0.1) is 0 Å². The van der Waals surface area contributed by atoms with Crippen molar-refractivity contribution in [3.8, 4) is 0 Å². The molecule has 2 amide bonds. The average Bonchev–Trinajstić information content (AvgIpc) is 2.70. The minimum atomic E-state index is -0.823. The van der Waals surface area contributed by atoms with Crippen LogP contribution >= 0.6 is 0 Å². The highest BCUT2D eigenvalue weighted by Gasteiger charge is 2.28. The van der Waals surface area contributed by atoms with Crippen molar-refractivity contribution in [2.45, 2.75) is 19.8 Å². The number of carbonyl (C=O) groups excluding carboxylic acids is 2. The molecule has 0 fully saturated rings. The van der Waals surface area contributed by atoms with E-state index in [-0.39, 0.29) is 17.3 Å². The number of anilines is 1. The molecule has 2 N–H and O–H groups in total. The number of benzene rings is 2. The maximum absolute atomic E-state index is 14.2. The van der Waals surface area contributed by atoms with Crippen molar-refractivity contribution in [3.05, 3.63) is 93.7 Å². The maximum atomic E-state index is 14.2. The fourth-order valence-electron chi connectivity index (χ4n) is 3.75. The summed E-state index contributed by atoms with van der Waals surface area (Å²) in [6, 6.07) is 10.7. The molecule has 0 aliphatic carbocycles. The summed E-state index contributed by atoms with van der Waals surface area (Å²) in [5.74, 6) is -2.35. The molecule has 5 nitrogen and oxygen atoms in total. The van der Waals surface area contributed by atoms with Gasteiger partial charge in [-0.25, -0.2) is 13.8 Å². The van der Waals surface area contributed by atoms with Crippen molar-refractivity contribution in [2.75, 3.05) is 11.4 Å². The van der Waals surface area contributed by atoms with Gasteiger partial charge in [0.1, 0.15) is 5.82 Å². The summed E-state index contributed by atoms with van der Waals surface area (Å²) in [7, 11) is 0. The first kappa shape index (κ1) is 19.7. The fourth-order valence-corrected chi connectivity index (χ4v) is 3.75. The number of nitrogens with two attached hydrogens (primary N) is 1. The first-order chi connectivity index (χ1) is 14.3. The first-order valence-corrected chi connectivity index (χ1v) is 9.48. The van der Waals surface area contributed by atoms with Gasteiger partial charge in [-0.1, -0.05) is 12.1 Å². The quantitative estimate of drug-likeness (QED) is 0.719. The molecular formula is C23H19F2N3O2. The zero-order chi connectivity index (χ0) is 21.4. The molecule has 1 aliphatic heterocycles. The Morgan fingerprint density at radius 3 is 2.67 bits per heavy atom. The van der Waals surface area contributed by atoms with E-state index in [0.29, 0.717) is 30.5 Å².